The van der Waals surface area contributed by atoms with Crippen molar-refractivity contribution >= 4 is 6.09 Å². The SMILES string of the molecule is CC(C)(C)OC(=O)N1CCC[C@H]1Cn1cc(-c2ccccc2)nn1. The molecular weight excluding hydrogens is 304 g/mol. The number of hydrogen-bond acceptors (Lipinski definition) is 4. The van der Waals surface area contributed by atoms with Gasteiger partial charge in [0.05, 0.1) is 18.8 Å². The van der Waals surface area contributed by atoms with Gasteiger partial charge in [0.25, 0.3) is 0 Å². The van der Waals surface area contributed by atoms with Gasteiger partial charge in [-0.2, -0.15) is 0 Å². The molecule has 0 spiro atoms. The summed E-state index contributed by atoms with van der Waals surface area (Å²) < 4.78 is 7.32. The summed E-state index contributed by atoms with van der Waals surface area (Å²) in [5.74, 6) is 0. The molecule has 1 fully saturated rings. The van der Waals surface area contributed by atoms with Gasteiger partial charge in [0, 0.05) is 12.1 Å². The second-order valence-electron chi connectivity index (χ2n) is 7.16. The Balaban J connectivity index is 1.67. The molecule has 24 heavy (non-hydrogen) atoms. The normalized spacial score (nSPS) is 18.0. The molecule has 2 heterocycles. The topological polar surface area (TPSA) is 60.2 Å². The van der Waals surface area contributed by atoms with E-state index >= 15 is 0 Å². The maximum absolute atomic E-state index is 12.3. The van der Waals surface area contributed by atoms with Crippen LogP contribution in [0.1, 0.15) is 33.6 Å². The van der Waals surface area contributed by atoms with E-state index in [2.05, 4.69) is 10.3 Å². The number of rotatable bonds is 3. The number of carbonyl (C=O) groups is 1. The Bertz CT molecular complexity index is 691. The van der Waals surface area contributed by atoms with Gasteiger partial charge in [-0.25, -0.2) is 9.48 Å². The van der Waals surface area contributed by atoms with Crippen LogP contribution in [0.2, 0.25) is 0 Å². The van der Waals surface area contributed by atoms with Gasteiger partial charge in [0.15, 0.2) is 0 Å². The highest BCUT2D eigenvalue weighted by Gasteiger charge is 2.32. The van der Waals surface area contributed by atoms with Crippen molar-refractivity contribution in [2.45, 2.75) is 51.8 Å². The van der Waals surface area contributed by atoms with Crippen LogP contribution in [0.3, 0.4) is 0 Å². The first-order valence-corrected chi connectivity index (χ1v) is 8.37. The zero-order valence-electron chi connectivity index (χ0n) is 14.5. The number of hydrogen-bond donors (Lipinski definition) is 0. The first-order valence-electron chi connectivity index (χ1n) is 8.37. The zero-order valence-corrected chi connectivity index (χ0v) is 14.5. The molecule has 6 heteroatoms. The fraction of sp³-hybridized carbons (Fsp3) is 0.500. The van der Waals surface area contributed by atoms with Crippen molar-refractivity contribution < 1.29 is 9.53 Å². The molecule has 1 aromatic carbocycles. The molecule has 3 rings (SSSR count). The van der Waals surface area contributed by atoms with Crippen LogP contribution in [0.4, 0.5) is 4.79 Å². The summed E-state index contributed by atoms with van der Waals surface area (Å²) in [6.45, 7) is 7.04. The molecule has 0 N–H and O–H groups in total. The number of likely N-dealkylation sites (tertiary alicyclic amines) is 1. The van der Waals surface area contributed by atoms with E-state index in [1.807, 2.05) is 66.9 Å². The van der Waals surface area contributed by atoms with Gasteiger partial charge in [0.1, 0.15) is 11.3 Å². The molecule has 1 saturated heterocycles. The number of nitrogens with zero attached hydrogens (tertiary/aromatic N) is 4. The lowest BCUT2D eigenvalue weighted by Gasteiger charge is -2.28. The van der Waals surface area contributed by atoms with Crippen LogP contribution in [0, 0.1) is 0 Å². The smallest absolute Gasteiger partial charge is 0.410 e. The van der Waals surface area contributed by atoms with Crippen LogP contribution in [0.5, 0.6) is 0 Å². The molecule has 1 amide bonds. The van der Waals surface area contributed by atoms with E-state index in [9.17, 15) is 4.79 Å². The largest absolute Gasteiger partial charge is 0.444 e. The van der Waals surface area contributed by atoms with Crippen LogP contribution in [0.25, 0.3) is 11.3 Å². The molecule has 2 aromatic rings. The summed E-state index contributed by atoms with van der Waals surface area (Å²) in [6.07, 6.45) is 3.64. The Hall–Kier alpha value is -2.37. The predicted molar refractivity (Wildman–Crippen MR) is 91.4 cm³/mol. The summed E-state index contributed by atoms with van der Waals surface area (Å²) in [5.41, 5.74) is 1.41. The Morgan fingerprint density at radius 2 is 2.04 bits per heavy atom. The first kappa shape index (κ1) is 16.5. The average molecular weight is 328 g/mol. The third kappa shape index (κ3) is 3.93. The lowest BCUT2D eigenvalue weighted by molar-refractivity contribution is 0.0211. The van der Waals surface area contributed by atoms with Crippen LogP contribution in [-0.2, 0) is 11.3 Å². The molecule has 1 atom stereocenters. The average Bonchev–Trinajstić information content (AvgIpc) is 3.16. The van der Waals surface area contributed by atoms with Gasteiger partial charge in [0.2, 0.25) is 0 Å². The maximum atomic E-state index is 12.3. The van der Waals surface area contributed by atoms with Crippen molar-refractivity contribution in [2.75, 3.05) is 6.54 Å². The van der Waals surface area contributed by atoms with Gasteiger partial charge in [-0.3, -0.25) is 0 Å². The summed E-state index contributed by atoms with van der Waals surface area (Å²) in [6, 6.07) is 10.1. The second kappa shape index (κ2) is 6.63. The Morgan fingerprint density at radius 1 is 1.29 bits per heavy atom. The quantitative estimate of drug-likeness (QED) is 0.867. The van der Waals surface area contributed by atoms with Crippen molar-refractivity contribution in [3.63, 3.8) is 0 Å². The molecule has 0 unspecified atom stereocenters. The van der Waals surface area contributed by atoms with Gasteiger partial charge in [-0.05, 0) is 33.6 Å². The van der Waals surface area contributed by atoms with Crippen molar-refractivity contribution in [3.8, 4) is 11.3 Å². The third-order valence-corrected chi connectivity index (χ3v) is 4.01. The monoisotopic (exact) mass is 328 g/mol. The summed E-state index contributed by atoms with van der Waals surface area (Å²) >= 11 is 0. The highest BCUT2D eigenvalue weighted by atomic mass is 16.6. The molecule has 1 aromatic heterocycles. The van der Waals surface area contributed by atoms with Crippen molar-refractivity contribution in [1.29, 1.82) is 0 Å². The number of benzene rings is 1. The van der Waals surface area contributed by atoms with Crippen LogP contribution < -0.4 is 0 Å². The fourth-order valence-corrected chi connectivity index (χ4v) is 2.93. The van der Waals surface area contributed by atoms with Gasteiger partial charge >= 0.3 is 6.09 Å². The number of carbonyl (C=O) groups excluding carboxylic acids is 1. The summed E-state index contributed by atoms with van der Waals surface area (Å²) in [5, 5.41) is 8.45. The number of ether oxygens (including phenoxy) is 1. The summed E-state index contributed by atoms with van der Waals surface area (Å²) in [4.78, 5) is 14.2. The minimum atomic E-state index is -0.474. The van der Waals surface area contributed by atoms with E-state index < -0.39 is 5.60 Å². The van der Waals surface area contributed by atoms with E-state index in [1.165, 1.54) is 0 Å². The minimum Gasteiger partial charge on any atom is -0.444 e. The van der Waals surface area contributed by atoms with Crippen LogP contribution in [-0.4, -0.2) is 44.2 Å². The highest BCUT2D eigenvalue weighted by Crippen LogP contribution is 2.22. The molecule has 0 aliphatic carbocycles. The highest BCUT2D eigenvalue weighted by molar-refractivity contribution is 5.69. The van der Waals surface area contributed by atoms with Gasteiger partial charge < -0.3 is 9.64 Å². The van der Waals surface area contributed by atoms with E-state index in [-0.39, 0.29) is 12.1 Å². The Labute approximate surface area is 142 Å². The van der Waals surface area contributed by atoms with Crippen LogP contribution in [0.15, 0.2) is 36.5 Å². The first-order chi connectivity index (χ1) is 11.4. The summed E-state index contributed by atoms with van der Waals surface area (Å²) in [7, 11) is 0. The predicted octanol–water partition coefficient (Wildman–Crippen LogP) is 3.34. The standard InChI is InChI=1S/C18H24N4O2/c1-18(2,3)24-17(23)22-11-7-10-15(22)12-21-13-16(19-20-21)14-8-5-4-6-9-14/h4-6,8-9,13,15H,7,10-12H2,1-3H3/t15-/m0/s1. The number of amides is 1. The molecule has 0 bridgehead atoms. The molecule has 128 valence electrons. The minimum absolute atomic E-state index is 0.102. The molecule has 0 saturated carbocycles. The lowest BCUT2D eigenvalue weighted by atomic mass is 10.2. The van der Waals surface area contributed by atoms with E-state index in [0.29, 0.717) is 6.54 Å². The second-order valence-corrected chi connectivity index (χ2v) is 7.16. The lowest BCUT2D eigenvalue weighted by Crippen LogP contribution is -2.41. The number of aromatic nitrogens is 3. The van der Waals surface area contributed by atoms with E-state index in [4.69, 9.17) is 4.74 Å². The molecule has 0 radical (unpaired) electrons. The molecular formula is C18H24N4O2. The fourth-order valence-electron chi connectivity index (χ4n) is 2.93. The van der Waals surface area contributed by atoms with Crippen molar-refractivity contribution in [3.05, 3.63) is 36.5 Å². The Kier molecular flexibility index (Phi) is 4.55. The molecule has 1 aliphatic rings. The molecule has 6 nitrogen and oxygen atoms in total. The van der Waals surface area contributed by atoms with Crippen molar-refractivity contribution in [2.24, 2.45) is 0 Å². The third-order valence-electron chi connectivity index (χ3n) is 4.01. The maximum Gasteiger partial charge on any atom is 0.410 e. The molecule has 1 aliphatic heterocycles. The van der Waals surface area contributed by atoms with E-state index in [0.717, 1.165) is 30.6 Å². The van der Waals surface area contributed by atoms with Crippen LogP contribution >= 0.6 is 0 Å². The Morgan fingerprint density at radius 3 is 2.75 bits per heavy atom. The van der Waals surface area contributed by atoms with Gasteiger partial charge in [-0.15, -0.1) is 5.10 Å². The van der Waals surface area contributed by atoms with Gasteiger partial charge in [-0.1, -0.05) is 35.5 Å². The van der Waals surface area contributed by atoms with E-state index in [1.54, 1.807) is 0 Å². The van der Waals surface area contributed by atoms with Crippen molar-refractivity contribution in [1.82, 2.24) is 19.9 Å². The zero-order chi connectivity index (χ0) is 17.2.